The van der Waals surface area contributed by atoms with Gasteiger partial charge >= 0.3 is 15.0 Å². The van der Waals surface area contributed by atoms with Gasteiger partial charge in [-0.25, -0.2) is 0 Å². The molecule has 1 aromatic carbocycles. The van der Waals surface area contributed by atoms with Gasteiger partial charge in [0.1, 0.15) is 0 Å². The molecule has 0 saturated heterocycles. The van der Waals surface area contributed by atoms with Crippen LogP contribution in [-0.2, 0) is 19.5 Å². The first kappa shape index (κ1) is 15.2. The van der Waals surface area contributed by atoms with E-state index >= 15 is 0 Å². The molecule has 7 heteroatoms. The summed E-state index contributed by atoms with van der Waals surface area (Å²) in [7, 11) is -0.496. The minimum Gasteiger partial charge on any atom is -0.373 e. The Balaban J connectivity index is 3.21. The fourth-order valence-corrected chi connectivity index (χ4v) is 3.65. The van der Waals surface area contributed by atoms with E-state index in [0.717, 1.165) is 12.1 Å². The predicted molar refractivity (Wildman–Crippen MR) is 62.5 cm³/mol. The molecule has 0 radical (unpaired) electrons. The van der Waals surface area contributed by atoms with Crippen LogP contribution in [0.2, 0.25) is 0 Å². The van der Waals surface area contributed by atoms with Crippen LogP contribution >= 0.6 is 0 Å². The van der Waals surface area contributed by atoms with Crippen LogP contribution in [0.5, 0.6) is 0 Å². The topological polar surface area (TPSA) is 27.7 Å². The third-order valence-electron chi connectivity index (χ3n) is 2.42. The van der Waals surface area contributed by atoms with Gasteiger partial charge in [0.05, 0.1) is 5.56 Å². The first-order chi connectivity index (χ1) is 8.39. The number of rotatable bonds is 5. The van der Waals surface area contributed by atoms with Crippen LogP contribution in [-0.4, -0.2) is 29.6 Å². The van der Waals surface area contributed by atoms with E-state index in [1.54, 1.807) is 6.92 Å². The summed E-state index contributed by atoms with van der Waals surface area (Å²) in [6, 6.07) is 4.84. The summed E-state index contributed by atoms with van der Waals surface area (Å²) in [4.78, 5) is 0. The van der Waals surface area contributed by atoms with Crippen LogP contribution in [0.1, 0.15) is 12.5 Å². The highest BCUT2D eigenvalue weighted by Crippen LogP contribution is 2.28. The van der Waals surface area contributed by atoms with Crippen molar-refractivity contribution < 1.29 is 26.4 Å². The average Bonchev–Trinajstić information content (AvgIpc) is 2.35. The summed E-state index contributed by atoms with van der Waals surface area (Å²) in [6.07, 6.45) is -4.40. The second-order valence-electron chi connectivity index (χ2n) is 3.48. The summed E-state index contributed by atoms with van der Waals surface area (Å²) < 4.78 is 53.8. The molecule has 1 aromatic rings. The second-order valence-corrected chi connectivity index (χ2v) is 6.27. The molecule has 0 aliphatic carbocycles. The molecule has 0 aromatic heterocycles. The molecule has 1 rings (SSSR count). The van der Waals surface area contributed by atoms with Crippen LogP contribution in [0.25, 0.3) is 0 Å². The number of hydrogen-bond acceptors (Lipinski definition) is 3. The first-order valence-corrected chi connectivity index (χ1v) is 7.04. The quantitative estimate of drug-likeness (QED) is 0.774. The molecule has 0 aliphatic rings. The van der Waals surface area contributed by atoms with Crippen LogP contribution in [0, 0.1) is 0 Å². The largest absolute Gasteiger partial charge is 0.536 e. The van der Waals surface area contributed by atoms with E-state index in [1.165, 1.54) is 26.4 Å². The molecule has 0 fully saturated rings. The highest BCUT2D eigenvalue weighted by atomic mass is 28.4. The monoisotopic (exact) mass is 280 g/mol. The molecular formula is C11H15F3O3Si. The summed E-state index contributed by atoms with van der Waals surface area (Å²) in [5.41, 5.74) is -0.745. The second kappa shape index (κ2) is 5.83. The summed E-state index contributed by atoms with van der Waals surface area (Å²) in [6.45, 7) is 2.03. The third-order valence-corrected chi connectivity index (χ3v) is 5.18. The fraction of sp³-hybridized carbons (Fsp3) is 0.455. The van der Waals surface area contributed by atoms with Crippen molar-refractivity contribution in [1.82, 2.24) is 0 Å². The Morgan fingerprint density at radius 3 is 2.22 bits per heavy atom. The van der Waals surface area contributed by atoms with Crippen molar-refractivity contribution in [3.8, 4) is 0 Å². The third kappa shape index (κ3) is 3.11. The highest BCUT2D eigenvalue weighted by Gasteiger charge is 2.43. The molecule has 18 heavy (non-hydrogen) atoms. The molecule has 0 aliphatic heterocycles. The minimum absolute atomic E-state index is 0.296. The molecule has 0 bridgehead atoms. The van der Waals surface area contributed by atoms with Crippen LogP contribution in [0.3, 0.4) is 0 Å². The van der Waals surface area contributed by atoms with Gasteiger partial charge in [0.25, 0.3) is 0 Å². The zero-order valence-corrected chi connectivity index (χ0v) is 11.4. The van der Waals surface area contributed by atoms with E-state index < -0.39 is 20.5 Å². The standard InChI is InChI=1S/C11H15F3O3Si/c1-4-17-18(15-2,16-3)10-7-5-6-9(8-10)11(12,13)14/h5-8H,4H2,1-3H3. The van der Waals surface area contributed by atoms with Gasteiger partial charge in [0.15, 0.2) is 0 Å². The van der Waals surface area contributed by atoms with Crippen molar-refractivity contribution in [3.05, 3.63) is 29.8 Å². The Labute approximate surface area is 105 Å². The maximum atomic E-state index is 12.6. The molecule has 3 nitrogen and oxygen atoms in total. The smallest absolute Gasteiger partial charge is 0.373 e. The van der Waals surface area contributed by atoms with Gasteiger partial charge in [-0.2, -0.15) is 13.2 Å². The minimum atomic E-state index is -4.40. The van der Waals surface area contributed by atoms with Gasteiger partial charge in [-0.1, -0.05) is 18.2 Å². The zero-order chi connectivity index (χ0) is 13.8. The van der Waals surface area contributed by atoms with E-state index in [2.05, 4.69) is 0 Å². The van der Waals surface area contributed by atoms with Crippen LogP contribution in [0.15, 0.2) is 24.3 Å². The van der Waals surface area contributed by atoms with Gasteiger partial charge in [-0.05, 0) is 13.0 Å². The van der Waals surface area contributed by atoms with Crippen LogP contribution in [0.4, 0.5) is 13.2 Å². The summed E-state index contributed by atoms with van der Waals surface area (Å²) >= 11 is 0. The number of benzene rings is 1. The lowest BCUT2D eigenvalue weighted by molar-refractivity contribution is -0.137. The average molecular weight is 280 g/mol. The van der Waals surface area contributed by atoms with E-state index in [0.29, 0.717) is 11.8 Å². The molecular weight excluding hydrogens is 265 g/mol. The maximum absolute atomic E-state index is 12.6. The molecule has 0 heterocycles. The predicted octanol–water partition coefficient (Wildman–Crippen LogP) is 2.18. The van der Waals surface area contributed by atoms with Crippen LogP contribution < -0.4 is 5.19 Å². The van der Waals surface area contributed by atoms with Crippen molar-refractivity contribution >= 4 is 14.0 Å². The fourth-order valence-electron chi connectivity index (χ4n) is 1.60. The SMILES string of the molecule is CCO[Si](OC)(OC)c1cccc(C(F)(F)F)c1. The first-order valence-electron chi connectivity index (χ1n) is 5.31. The molecule has 0 N–H and O–H groups in total. The summed E-state index contributed by atoms with van der Waals surface area (Å²) in [5, 5.41) is 0.296. The molecule has 0 atom stereocenters. The Morgan fingerprint density at radius 1 is 1.17 bits per heavy atom. The Hall–Kier alpha value is -0.893. The van der Waals surface area contributed by atoms with Gasteiger partial charge < -0.3 is 13.3 Å². The normalized spacial score (nSPS) is 12.8. The van der Waals surface area contributed by atoms with Gasteiger partial charge in [0.2, 0.25) is 0 Å². The van der Waals surface area contributed by atoms with Crippen molar-refractivity contribution in [3.63, 3.8) is 0 Å². The number of alkyl halides is 3. The van der Waals surface area contributed by atoms with Gasteiger partial charge in [-0.3, -0.25) is 0 Å². The zero-order valence-electron chi connectivity index (χ0n) is 10.4. The molecule has 0 unspecified atom stereocenters. The Morgan fingerprint density at radius 2 is 1.78 bits per heavy atom. The van der Waals surface area contributed by atoms with E-state index in [4.69, 9.17) is 13.3 Å². The maximum Gasteiger partial charge on any atom is 0.536 e. The summed E-state index contributed by atoms with van der Waals surface area (Å²) in [5.74, 6) is 0. The lowest BCUT2D eigenvalue weighted by Crippen LogP contribution is -2.55. The van der Waals surface area contributed by atoms with E-state index in [9.17, 15) is 13.2 Å². The number of halogens is 3. The van der Waals surface area contributed by atoms with E-state index in [-0.39, 0.29) is 0 Å². The van der Waals surface area contributed by atoms with Crippen molar-refractivity contribution in [2.24, 2.45) is 0 Å². The van der Waals surface area contributed by atoms with E-state index in [1.807, 2.05) is 0 Å². The molecule has 0 saturated carbocycles. The lowest BCUT2D eigenvalue weighted by atomic mass is 10.2. The lowest BCUT2D eigenvalue weighted by Gasteiger charge is -2.26. The number of hydrogen-bond donors (Lipinski definition) is 0. The Bertz CT molecular complexity index is 391. The van der Waals surface area contributed by atoms with Gasteiger partial charge in [0, 0.05) is 26.0 Å². The molecule has 102 valence electrons. The highest BCUT2D eigenvalue weighted by molar-refractivity contribution is 6.75. The van der Waals surface area contributed by atoms with Crippen molar-refractivity contribution in [1.29, 1.82) is 0 Å². The molecule has 0 amide bonds. The van der Waals surface area contributed by atoms with Crippen molar-refractivity contribution in [2.75, 3.05) is 20.8 Å². The molecule has 0 spiro atoms. The van der Waals surface area contributed by atoms with Crippen molar-refractivity contribution in [2.45, 2.75) is 13.1 Å². The Kier molecular flexibility index (Phi) is 4.91. The van der Waals surface area contributed by atoms with Gasteiger partial charge in [-0.15, -0.1) is 0 Å².